The fraction of sp³-hybridized carbons (Fsp3) is 0.400. The molecule has 1 aromatic carbocycles. The van der Waals surface area contributed by atoms with Gasteiger partial charge in [0.25, 0.3) is 0 Å². The van der Waals surface area contributed by atoms with Crippen LogP contribution in [0.15, 0.2) is 27.6 Å². The van der Waals surface area contributed by atoms with Gasteiger partial charge in [0.1, 0.15) is 5.75 Å². The van der Waals surface area contributed by atoms with Gasteiger partial charge in [0.15, 0.2) is 0 Å². The van der Waals surface area contributed by atoms with Crippen molar-refractivity contribution in [2.45, 2.75) is 24.8 Å². The first kappa shape index (κ1) is 10.9. The Morgan fingerprint density at radius 2 is 2.00 bits per heavy atom. The average molecular weight is 261 g/mol. The fourth-order valence-electron chi connectivity index (χ4n) is 0.995. The van der Waals surface area contributed by atoms with Crippen molar-refractivity contribution >= 4 is 27.7 Å². The summed E-state index contributed by atoms with van der Waals surface area (Å²) in [5.74, 6) is 0.925. The molecule has 0 unspecified atom stereocenters. The predicted octanol–water partition coefficient (Wildman–Crippen LogP) is 3.96. The molecule has 72 valence electrons. The second-order valence-electron chi connectivity index (χ2n) is 2.99. The molecule has 0 saturated heterocycles. The van der Waals surface area contributed by atoms with Gasteiger partial charge in [-0.15, -0.1) is 11.8 Å². The van der Waals surface area contributed by atoms with Crippen LogP contribution in [0.1, 0.15) is 13.8 Å². The maximum atomic E-state index is 5.59. The third-order valence-electron chi connectivity index (χ3n) is 1.45. The Balaban J connectivity index is 2.88. The van der Waals surface area contributed by atoms with E-state index < -0.39 is 0 Å². The van der Waals surface area contributed by atoms with Gasteiger partial charge in [0.05, 0.1) is 6.10 Å². The van der Waals surface area contributed by atoms with Crippen LogP contribution in [0.25, 0.3) is 0 Å². The van der Waals surface area contributed by atoms with Gasteiger partial charge in [-0.1, -0.05) is 15.9 Å². The monoisotopic (exact) mass is 260 g/mol. The van der Waals surface area contributed by atoms with Crippen LogP contribution in [-0.4, -0.2) is 12.4 Å². The van der Waals surface area contributed by atoms with Crippen molar-refractivity contribution in [3.63, 3.8) is 0 Å². The molecule has 13 heavy (non-hydrogen) atoms. The zero-order valence-electron chi connectivity index (χ0n) is 8.00. The first-order valence-electron chi connectivity index (χ1n) is 4.13. The second kappa shape index (κ2) is 4.91. The van der Waals surface area contributed by atoms with Gasteiger partial charge in [0, 0.05) is 9.37 Å². The molecule has 0 saturated carbocycles. The van der Waals surface area contributed by atoms with E-state index in [1.807, 2.05) is 19.9 Å². The highest BCUT2D eigenvalue weighted by molar-refractivity contribution is 9.10. The number of halogens is 1. The number of hydrogen-bond acceptors (Lipinski definition) is 2. The maximum Gasteiger partial charge on any atom is 0.121 e. The van der Waals surface area contributed by atoms with Gasteiger partial charge in [-0.2, -0.15) is 0 Å². The summed E-state index contributed by atoms with van der Waals surface area (Å²) in [6, 6.07) is 6.12. The van der Waals surface area contributed by atoms with Crippen LogP contribution in [0.5, 0.6) is 5.75 Å². The van der Waals surface area contributed by atoms with Crippen molar-refractivity contribution in [3.8, 4) is 5.75 Å². The van der Waals surface area contributed by atoms with Crippen molar-refractivity contribution in [1.82, 2.24) is 0 Å². The van der Waals surface area contributed by atoms with E-state index in [0.29, 0.717) is 0 Å². The highest BCUT2D eigenvalue weighted by Crippen LogP contribution is 2.27. The molecule has 0 heterocycles. The first-order valence-corrected chi connectivity index (χ1v) is 6.15. The third-order valence-corrected chi connectivity index (χ3v) is 2.62. The number of thioether (sulfide) groups is 1. The minimum Gasteiger partial charge on any atom is -0.491 e. The molecule has 0 aromatic heterocycles. The van der Waals surface area contributed by atoms with E-state index in [1.165, 1.54) is 4.90 Å². The number of ether oxygens (including phenoxy) is 1. The fourth-order valence-corrected chi connectivity index (χ4v) is 2.10. The van der Waals surface area contributed by atoms with Crippen LogP contribution in [0.2, 0.25) is 0 Å². The lowest BCUT2D eigenvalue weighted by atomic mass is 10.3. The molecule has 0 radical (unpaired) electrons. The molecule has 0 spiro atoms. The summed E-state index contributed by atoms with van der Waals surface area (Å²) in [6.45, 7) is 4.05. The molecular formula is C10H13BrOS. The molecule has 0 amide bonds. The van der Waals surface area contributed by atoms with E-state index in [9.17, 15) is 0 Å². The highest BCUT2D eigenvalue weighted by atomic mass is 79.9. The van der Waals surface area contributed by atoms with E-state index >= 15 is 0 Å². The summed E-state index contributed by atoms with van der Waals surface area (Å²) in [4.78, 5) is 1.21. The molecule has 1 rings (SSSR count). The van der Waals surface area contributed by atoms with Crippen molar-refractivity contribution in [2.24, 2.45) is 0 Å². The highest BCUT2D eigenvalue weighted by Gasteiger charge is 2.01. The van der Waals surface area contributed by atoms with Crippen LogP contribution >= 0.6 is 27.7 Å². The van der Waals surface area contributed by atoms with Crippen molar-refractivity contribution in [1.29, 1.82) is 0 Å². The normalized spacial score (nSPS) is 10.5. The Labute approximate surface area is 92.0 Å². The number of rotatable bonds is 3. The SMILES string of the molecule is CSc1cc(Br)cc(OC(C)C)c1. The summed E-state index contributed by atoms with van der Waals surface area (Å²) in [6.07, 6.45) is 2.28. The van der Waals surface area contributed by atoms with E-state index in [2.05, 4.69) is 34.3 Å². The second-order valence-corrected chi connectivity index (χ2v) is 4.79. The zero-order valence-corrected chi connectivity index (χ0v) is 10.4. The summed E-state index contributed by atoms with van der Waals surface area (Å²) in [7, 11) is 0. The first-order chi connectivity index (χ1) is 6.11. The lowest BCUT2D eigenvalue weighted by molar-refractivity contribution is 0.241. The minimum absolute atomic E-state index is 0.226. The minimum atomic E-state index is 0.226. The largest absolute Gasteiger partial charge is 0.491 e. The molecule has 0 aliphatic rings. The molecule has 1 nitrogen and oxygen atoms in total. The molecule has 0 N–H and O–H groups in total. The maximum absolute atomic E-state index is 5.59. The van der Waals surface area contributed by atoms with Crippen LogP contribution in [0.3, 0.4) is 0 Å². The molecule has 1 aromatic rings. The van der Waals surface area contributed by atoms with Crippen LogP contribution < -0.4 is 4.74 Å². The predicted molar refractivity (Wildman–Crippen MR) is 61.7 cm³/mol. The van der Waals surface area contributed by atoms with E-state index in [1.54, 1.807) is 11.8 Å². The van der Waals surface area contributed by atoms with Crippen molar-refractivity contribution in [2.75, 3.05) is 6.26 Å². The van der Waals surface area contributed by atoms with E-state index in [-0.39, 0.29) is 6.10 Å². The van der Waals surface area contributed by atoms with Crippen LogP contribution in [0.4, 0.5) is 0 Å². The Morgan fingerprint density at radius 1 is 1.31 bits per heavy atom. The quantitative estimate of drug-likeness (QED) is 0.762. The topological polar surface area (TPSA) is 9.23 Å². The lowest BCUT2D eigenvalue weighted by Crippen LogP contribution is -2.05. The van der Waals surface area contributed by atoms with Gasteiger partial charge in [0.2, 0.25) is 0 Å². The van der Waals surface area contributed by atoms with Gasteiger partial charge in [-0.3, -0.25) is 0 Å². The van der Waals surface area contributed by atoms with Gasteiger partial charge in [-0.25, -0.2) is 0 Å². The van der Waals surface area contributed by atoms with E-state index in [4.69, 9.17) is 4.74 Å². The molecule has 0 atom stereocenters. The molecule has 0 aliphatic carbocycles. The summed E-state index contributed by atoms with van der Waals surface area (Å²) in [5.41, 5.74) is 0. The van der Waals surface area contributed by atoms with Crippen molar-refractivity contribution in [3.05, 3.63) is 22.7 Å². The van der Waals surface area contributed by atoms with Crippen LogP contribution in [0, 0.1) is 0 Å². The van der Waals surface area contributed by atoms with E-state index in [0.717, 1.165) is 10.2 Å². The summed E-state index contributed by atoms with van der Waals surface area (Å²) in [5, 5.41) is 0. The average Bonchev–Trinajstić information content (AvgIpc) is 2.01. The Kier molecular flexibility index (Phi) is 4.13. The number of benzene rings is 1. The van der Waals surface area contributed by atoms with Crippen molar-refractivity contribution < 1.29 is 4.74 Å². The Morgan fingerprint density at radius 3 is 2.54 bits per heavy atom. The standard InChI is InChI=1S/C10H13BrOS/c1-7(2)12-9-4-8(11)5-10(6-9)13-3/h4-7H,1-3H3. The molecule has 0 fully saturated rings. The number of hydrogen-bond donors (Lipinski definition) is 0. The van der Waals surface area contributed by atoms with Gasteiger partial charge < -0.3 is 4.74 Å². The van der Waals surface area contributed by atoms with Crippen LogP contribution in [-0.2, 0) is 0 Å². The van der Waals surface area contributed by atoms with Gasteiger partial charge in [-0.05, 0) is 38.3 Å². The summed E-state index contributed by atoms with van der Waals surface area (Å²) < 4.78 is 6.66. The third kappa shape index (κ3) is 3.61. The molecular weight excluding hydrogens is 248 g/mol. The Hall–Kier alpha value is -0.150. The Bertz CT molecular complexity index is 286. The van der Waals surface area contributed by atoms with Gasteiger partial charge >= 0.3 is 0 Å². The smallest absolute Gasteiger partial charge is 0.121 e. The molecule has 0 aliphatic heterocycles. The zero-order chi connectivity index (χ0) is 9.84. The molecule has 3 heteroatoms. The molecule has 0 bridgehead atoms. The summed E-state index contributed by atoms with van der Waals surface area (Å²) >= 11 is 5.16. The lowest BCUT2D eigenvalue weighted by Gasteiger charge is -2.10.